The predicted octanol–water partition coefficient (Wildman–Crippen LogP) is 16.1. The first-order valence-corrected chi connectivity index (χ1v) is 22.2. The molecule has 1 spiro atoms. The molecule has 2 nitrogen and oxygen atoms in total. The molecule has 0 radical (unpaired) electrons. The molecule has 0 saturated carbocycles. The molecule has 62 heavy (non-hydrogen) atoms. The maximum Gasteiger partial charge on any atom is 0.0754 e. The van der Waals surface area contributed by atoms with Gasteiger partial charge < -0.3 is 9.47 Å². The van der Waals surface area contributed by atoms with Crippen LogP contribution in [0.2, 0.25) is 0 Å². The summed E-state index contributed by atoms with van der Waals surface area (Å²) in [6.07, 6.45) is 0. The lowest BCUT2D eigenvalue weighted by Crippen LogP contribution is -2.33. The Morgan fingerprint density at radius 2 is 1.06 bits per heavy atom. The molecule has 1 unspecified atom stereocenters. The average molecular weight is 805 g/mol. The summed E-state index contributed by atoms with van der Waals surface area (Å²) in [4.78, 5) is 2.45. The van der Waals surface area contributed by atoms with Gasteiger partial charge in [0.05, 0.1) is 32.5 Å². The largest absolute Gasteiger partial charge is 0.309 e. The molecule has 0 bridgehead atoms. The third-order valence-corrected chi connectivity index (χ3v) is 15.0. The number of fused-ring (bicyclic) bond motifs is 16. The highest BCUT2D eigenvalue weighted by Crippen LogP contribution is 2.61. The van der Waals surface area contributed by atoms with Gasteiger partial charge in [0.1, 0.15) is 0 Å². The first-order chi connectivity index (χ1) is 30.8. The van der Waals surface area contributed by atoms with E-state index in [0.717, 1.165) is 11.4 Å². The molecule has 288 valence electrons. The second kappa shape index (κ2) is 12.7. The normalized spacial score (nSPS) is 14.8. The molecule has 3 heteroatoms. The summed E-state index contributed by atoms with van der Waals surface area (Å²) in [5, 5.41) is 7.65. The van der Waals surface area contributed by atoms with Crippen LogP contribution in [0.5, 0.6) is 0 Å². The molecule has 14 rings (SSSR count). The Labute approximate surface area is 362 Å². The van der Waals surface area contributed by atoms with Crippen molar-refractivity contribution in [3.8, 4) is 27.9 Å². The fraction of sp³-hybridized carbons (Fsp3) is 0.0169. The molecule has 3 heterocycles. The number of aromatic nitrogens is 1. The molecule has 0 fully saturated rings. The van der Waals surface area contributed by atoms with E-state index in [-0.39, 0.29) is 0 Å². The number of nitrogens with zero attached hydrogens (tertiary/aromatic N) is 2. The number of rotatable bonds is 4. The van der Waals surface area contributed by atoms with Crippen molar-refractivity contribution in [3.63, 3.8) is 0 Å². The highest BCUT2D eigenvalue weighted by Gasteiger charge is 2.50. The van der Waals surface area contributed by atoms with Gasteiger partial charge in [-0.05, 0) is 110 Å². The van der Waals surface area contributed by atoms with Crippen molar-refractivity contribution in [1.82, 2.24) is 4.57 Å². The third-order valence-electron chi connectivity index (χ3n) is 13.8. The van der Waals surface area contributed by atoms with Crippen molar-refractivity contribution < 1.29 is 0 Å². The molecule has 2 aliphatic rings. The van der Waals surface area contributed by atoms with Crippen LogP contribution < -0.4 is 4.90 Å². The van der Waals surface area contributed by atoms with Crippen molar-refractivity contribution in [2.45, 2.75) is 5.41 Å². The highest BCUT2D eigenvalue weighted by atomic mass is 32.1. The standard InChI is InChI=1S/C59H36N2S/c1-2-14-39-35-42(33-29-37(39)13-1)60(55-25-12-19-48-46-17-5-10-26-56(46)62-58(48)55)41-31-27-38(28-32-41)40-30-34-44-43-15-3-6-20-49(43)59(52(44)36-40)50-21-7-9-24-54(50)61-53-23-8-4-16-45(53)47-18-11-22-51(59)57(47)61/h1-36H. The summed E-state index contributed by atoms with van der Waals surface area (Å²) in [5.41, 5.74) is 17.1. The first-order valence-electron chi connectivity index (χ1n) is 21.4. The number of benzene rings is 10. The number of para-hydroxylation sites is 3. The van der Waals surface area contributed by atoms with Gasteiger partial charge in [0.25, 0.3) is 0 Å². The monoisotopic (exact) mass is 804 g/mol. The summed E-state index contributed by atoms with van der Waals surface area (Å²) in [5.74, 6) is 0. The second-order valence-corrected chi connectivity index (χ2v) is 17.8. The zero-order valence-electron chi connectivity index (χ0n) is 33.6. The lowest BCUT2D eigenvalue weighted by molar-refractivity contribution is 0.749. The van der Waals surface area contributed by atoms with E-state index < -0.39 is 5.41 Å². The van der Waals surface area contributed by atoms with Crippen LogP contribution in [0.4, 0.5) is 17.1 Å². The number of anilines is 3. The van der Waals surface area contributed by atoms with E-state index in [9.17, 15) is 0 Å². The lowest BCUT2D eigenvalue weighted by atomic mass is 9.65. The molecular formula is C59H36N2S. The molecule has 2 aromatic heterocycles. The maximum atomic E-state index is 2.52. The molecule has 12 aromatic rings. The van der Waals surface area contributed by atoms with Gasteiger partial charge in [-0.2, -0.15) is 0 Å². The molecule has 1 atom stereocenters. The van der Waals surface area contributed by atoms with Crippen LogP contribution in [0.25, 0.3) is 80.7 Å². The van der Waals surface area contributed by atoms with Crippen LogP contribution in [0, 0.1) is 0 Å². The van der Waals surface area contributed by atoms with E-state index in [1.165, 1.54) is 109 Å². The van der Waals surface area contributed by atoms with Crippen molar-refractivity contribution in [2.24, 2.45) is 0 Å². The summed E-state index contributed by atoms with van der Waals surface area (Å²) in [6.45, 7) is 0. The third kappa shape index (κ3) is 4.47. The van der Waals surface area contributed by atoms with E-state index in [2.05, 4.69) is 228 Å². The molecular weight excluding hydrogens is 769 g/mol. The zero-order chi connectivity index (χ0) is 40.5. The average Bonchev–Trinajstić information content (AvgIpc) is 3.99. The molecule has 0 amide bonds. The molecule has 1 aliphatic carbocycles. The molecule has 0 saturated heterocycles. The molecule has 1 aliphatic heterocycles. The molecule has 0 N–H and O–H groups in total. The summed E-state index contributed by atoms with van der Waals surface area (Å²) < 4.78 is 5.11. The zero-order valence-corrected chi connectivity index (χ0v) is 34.4. The van der Waals surface area contributed by atoms with Gasteiger partial charge in [0.2, 0.25) is 0 Å². The van der Waals surface area contributed by atoms with Gasteiger partial charge in [-0.1, -0.05) is 164 Å². The Morgan fingerprint density at radius 1 is 0.403 bits per heavy atom. The van der Waals surface area contributed by atoms with Crippen molar-refractivity contribution in [3.05, 3.63) is 241 Å². The van der Waals surface area contributed by atoms with E-state index in [1.807, 2.05) is 11.3 Å². The number of hydrogen-bond donors (Lipinski definition) is 0. The van der Waals surface area contributed by atoms with Gasteiger partial charge in [-0.25, -0.2) is 0 Å². The number of thiophene rings is 1. The lowest BCUT2D eigenvalue weighted by Gasteiger charge is -2.39. The van der Waals surface area contributed by atoms with E-state index in [4.69, 9.17) is 0 Å². The van der Waals surface area contributed by atoms with Crippen LogP contribution in [-0.4, -0.2) is 4.57 Å². The van der Waals surface area contributed by atoms with Gasteiger partial charge >= 0.3 is 0 Å². The van der Waals surface area contributed by atoms with Gasteiger partial charge in [-0.15, -0.1) is 11.3 Å². The van der Waals surface area contributed by atoms with Crippen molar-refractivity contribution in [2.75, 3.05) is 4.90 Å². The minimum Gasteiger partial charge on any atom is -0.309 e. The first kappa shape index (κ1) is 34.0. The minimum atomic E-state index is -0.488. The Bertz CT molecular complexity index is 3830. The van der Waals surface area contributed by atoms with Crippen LogP contribution in [0.3, 0.4) is 0 Å². The summed E-state index contributed by atoms with van der Waals surface area (Å²) in [6, 6.07) is 81.6. The Balaban J connectivity index is 0.966. The fourth-order valence-corrected chi connectivity index (χ4v) is 12.4. The van der Waals surface area contributed by atoms with Gasteiger partial charge in [0.15, 0.2) is 0 Å². The SMILES string of the molecule is c1ccc2c(c1)-c1ccc(-c3ccc(N(c4ccc5ccccc5c4)c4cccc5c4sc4ccccc45)cc3)cc1C21c2ccccc2-n2c3ccccc3c3cccc1c32. The van der Waals surface area contributed by atoms with E-state index >= 15 is 0 Å². The summed E-state index contributed by atoms with van der Waals surface area (Å²) in [7, 11) is 0. The topological polar surface area (TPSA) is 8.17 Å². The highest BCUT2D eigenvalue weighted by molar-refractivity contribution is 7.26. The Morgan fingerprint density at radius 3 is 1.98 bits per heavy atom. The smallest absolute Gasteiger partial charge is 0.0754 e. The van der Waals surface area contributed by atoms with Gasteiger partial charge in [0, 0.05) is 37.6 Å². The molecule has 10 aromatic carbocycles. The fourth-order valence-electron chi connectivity index (χ4n) is 11.2. The second-order valence-electron chi connectivity index (χ2n) is 16.8. The summed E-state index contributed by atoms with van der Waals surface area (Å²) >= 11 is 1.87. The Kier molecular flexibility index (Phi) is 6.95. The van der Waals surface area contributed by atoms with E-state index in [0.29, 0.717) is 0 Å². The van der Waals surface area contributed by atoms with E-state index in [1.54, 1.807) is 0 Å². The van der Waals surface area contributed by atoms with Crippen LogP contribution in [0.1, 0.15) is 22.3 Å². The van der Waals surface area contributed by atoms with Crippen molar-refractivity contribution >= 4 is 81.1 Å². The Hall–Kier alpha value is -7.72. The van der Waals surface area contributed by atoms with Gasteiger partial charge in [-0.3, -0.25) is 0 Å². The van der Waals surface area contributed by atoms with Crippen LogP contribution in [-0.2, 0) is 5.41 Å². The van der Waals surface area contributed by atoms with Crippen LogP contribution in [0.15, 0.2) is 218 Å². The predicted molar refractivity (Wildman–Crippen MR) is 262 cm³/mol. The maximum absolute atomic E-state index is 2.52. The van der Waals surface area contributed by atoms with Crippen LogP contribution >= 0.6 is 11.3 Å². The van der Waals surface area contributed by atoms with Crippen molar-refractivity contribution in [1.29, 1.82) is 0 Å². The minimum absolute atomic E-state index is 0.488. The number of hydrogen-bond acceptors (Lipinski definition) is 2. The quantitative estimate of drug-likeness (QED) is 0.172.